The Morgan fingerprint density at radius 3 is 2.50 bits per heavy atom. The molecule has 3 nitrogen and oxygen atoms in total. The number of rotatable bonds is 1. The molecule has 1 aromatic carbocycles. The van der Waals surface area contributed by atoms with Crippen LogP contribution in [0.5, 0.6) is 0 Å². The van der Waals surface area contributed by atoms with Gasteiger partial charge in [0.25, 0.3) is 5.56 Å². The lowest BCUT2D eigenvalue weighted by Gasteiger charge is -2.37. The molecule has 114 valence electrons. The minimum atomic E-state index is 0.233. The van der Waals surface area contributed by atoms with Crippen LogP contribution in [0, 0.1) is 0 Å². The number of pyridine rings is 1. The van der Waals surface area contributed by atoms with E-state index in [2.05, 4.69) is 34.8 Å². The molecule has 2 aliphatic heterocycles. The van der Waals surface area contributed by atoms with Gasteiger partial charge in [-0.25, -0.2) is 0 Å². The Morgan fingerprint density at radius 1 is 1.00 bits per heavy atom. The van der Waals surface area contributed by atoms with E-state index in [0.29, 0.717) is 18.1 Å². The fourth-order valence-electron chi connectivity index (χ4n) is 5.14. The Morgan fingerprint density at radius 2 is 1.73 bits per heavy atom. The van der Waals surface area contributed by atoms with Crippen LogP contribution in [-0.2, 0) is 12.8 Å². The van der Waals surface area contributed by atoms with Crippen LogP contribution < -0.4 is 5.56 Å². The van der Waals surface area contributed by atoms with Gasteiger partial charge < -0.3 is 9.47 Å². The van der Waals surface area contributed by atoms with Crippen LogP contribution in [0.4, 0.5) is 0 Å². The number of aryl methyl sites for hydroxylation is 2. The van der Waals surface area contributed by atoms with Crippen molar-refractivity contribution >= 4 is 10.8 Å². The van der Waals surface area contributed by atoms with E-state index in [1.165, 1.54) is 29.4 Å². The maximum Gasteiger partial charge on any atom is 0.258 e. The molecule has 1 aliphatic carbocycles. The van der Waals surface area contributed by atoms with Crippen molar-refractivity contribution in [1.82, 2.24) is 9.47 Å². The molecule has 2 bridgehead atoms. The standard InChI is InChI=1S/C19H22N2O/c1-20-14-7-8-15(20)10-16(9-14)21-11-13-6-5-12-3-2-4-17(18(12)13)19(21)22/h2-4,11,14-16H,5-10H2,1H3/t14-,15+,16+. The highest BCUT2D eigenvalue weighted by Crippen LogP contribution is 2.40. The van der Waals surface area contributed by atoms with Crippen molar-refractivity contribution in [2.24, 2.45) is 0 Å². The molecule has 22 heavy (non-hydrogen) atoms. The monoisotopic (exact) mass is 294 g/mol. The molecule has 3 aliphatic rings. The second-order valence-corrected chi connectivity index (χ2v) is 7.38. The molecule has 0 radical (unpaired) electrons. The van der Waals surface area contributed by atoms with E-state index in [1.807, 2.05) is 6.07 Å². The molecule has 0 unspecified atom stereocenters. The molecule has 3 atom stereocenters. The zero-order valence-corrected chi connectivity index (χ0v) is 13.1. The lowest BCUT2D eigenvalue weighted by atomic mass is 9.97. The largest absolute Gasteiger partial charge is 0.312 e. The first kappa shape index (κ1) is 12.9. The van der Waals surface area contributed by atoms with Gasteiger partial charge in [0.05, 0.1) is 0 Å². The first-order chi connectivity index (χ1) is 10.7. The predicted octanol–water partition coefficient (Wildman–Crippen LogP) is 2.90. The SMILES string of the molecule is CN1[C@@H]2CC[C@H]1C[C@@H](n1cc3c4c(cccc4c1=O)CC3)C2. The van der Waals surface area contributed by atoms with Gasteiger partial charge in [-0.1, -0.05) is 12.1 Å². The number of hydrogen-bond acceptors (Lipinski definition) is 2. The van der Waals surface area contributed by atoms with E-state index >= 15 is 0 Å². The molecular formula is C19H22N2O. The number of hydrogen-bond donors (Lipinski definition) is 0. The molecular weight excluding hydrogens is 272 g/mol. The summed E-state index contributed by atoms with van der Waals surface area (Å²) < 4.78 is 2.09. The third-order valence-electron chi connectivity index (χ3n) is 6.36. The first-order valence-corrected chi connectivity index (χ1v) is 8.60. The highest BCUT2D eigenvalue weighted by molar-refractivity contribution is 5.89. The molecule has 3 heterocycles. The minimum absolute atomic E-state index is 0.233. The molecule has 3 heteroatoms. The van der Waals surface area contributed by atoms with Gasteiger partial charge in [0, 0.05) is 29.7 Å². The quantitative estimate of drug-likeness (QED) is 0.808. The van der Waals surface area contributed by atoms with Crippen molar-refractivity contribution in [2.45, 2.75) is 56.7 Å². The van der Waals surface area contributed by atoms with Crippen molar-refractivity contribution in [3.63, 3.8) is 0 Å². The normalized spacial score (nSPS) is 30.3. The van der Waals surface area contributed by atoms with Crippen LogP contribution in [0.15, 0.2) is 29.2 Å². The number of nitrogens with zero attached hydrogens (tertiary/aromatic N) is 2. The van der Waals surface area contributed by atoms with Gasteiger partial charge in [-0.15, -0.1) is 0 Å². The Bertz CT molecular complexity index is 808. The molecule has 0 N–H and O–H groups in total. The first-order valence-electron chi connectivity index (χ1n) is 8.60. The number of fused-ring (bicyclic) bond motifs is 2. The molecule has 1 aromatic heterocycles. The Balaban J connectivity index is 1.65. The minimum Gasteiger partial charge on any atom is -0.312 e. The van der Waals surface area contributed by atoms with Crippen molar-refractivity contribution in [3.05, 3.63) is 45.9 Å². The van der Waals surface area contributed by atoms with E-state index in [0.717, 1.165) is 31.1 Å². The van der Waals surface area contributed by atoms with Gasteiger partial charge in [0.15, 0.2) is 0 Å². The van der Waals surface area contributed by atoms with Crippen molar-refractivity contribution in [2.75, 3.05) is 7.05 Å². The molecule has 2 fully saturated rings. The molecule has 2 saturated heterocycles. The summed E-state index contributed by atoms with van der Waals surface area (Å²) in [6.45, 7) is 0. The third kappa shape index (κ3) is 1.63. The number of piperidine rings is 1. The average Bonchev–Trinajstić information content (AvgIpc) is 3.00. The van der Waals surface area contributed by atoms with Gasteiger partial charge in [-0.2, -0.15) is 0 Å². The Labute approximate surface area is 130 Å². The van der Waals surface area contributed by atoms with Crippen LogP contribution in [0.2, 0.25) is 0 Å². The molecule has 0 amide bonds. The zero-order chi connectivity index (χ0) is 14.8. The summed E-state index contributed by atoms with van der Waals surface area (Å²) in [5, 5.41) is 2.19. The van der Waals surface area contributed by atoms with E-state index in [4.69, 9.17) is 0 Å². The van der Waals surface area contributed by atoms with E-state index in [9.17, 15) is 4.79 Å². The van der Waals surface area contributed by atoms with Crippen molar-refractivity contribution in [3.8, 4) is 0 Å². The number of benzene rings is 1. The highest BCUT2D eigenvalue weighted by atomic mass is 16.1. The van der Waals surface area contributed by atoms with Gasteiger partial charge >= 0.3 is 0 Å². The maximum atomic E-state index is 13.0. The maximum absolute atomic E-state index is 13.0. The van der Waals surface area contributed by atoms with Crippen molar-refractivity contribution in [1.29, 1.82) is 0 Å². The predicted molar refractivity (Wildman–Crippen MR) is 88.5 cm³/mol. The second-order valence-electron chi connectivity index (χ2n) is 7.38. The Kier molecular flexibility index (Phi) is 2.61. The van der Waals surface area contributed by atoms with Gasteiger partial charge in [-0.3, -0.25) is 4.79 Å². The molecule has 2 aromatic rings. The fraction of sp³-hybridized carbons (Fsp3) is 0.526. The van der Waals surface area contributed by atoms with E-state index in [-0.39, 0.29) is 5.56 Å². The van der Waals surface area contributed by atoms with Crippen molar-refractivity contribution < 1.29 is 0 Å². The van der Waals surface area contributed by atoms with E-state index in [1.54, 1.807) is 0 Å². The molecule has 0 saturated carbocycles. The lowest BCUT2D eigenvalue weighted by molar-refractivity contribution is 0.136. The van der Waals surface area contributed by atoms with Gasteiger partial charge in [0.2, 0.25) is 0 Å². The smallest absolute Gasteiger partial charge is 0.258 e. The van der Waals surface area contributed by atoms with E-state index < -0.39 is 0 Å². The summed E-state index contributed by atoms with van der Waals surface area (Å²) in [5.74, 6) is 0. The van der Waals surface area contributed by atoms with Crippen LogP contribution >= 0.6 is 0 Å². The summed E-state index contributed by atoms with van der Waals surface area (Å²) in [6.07, 6.45) is 9.25. The van der Waals surface area contributed by atoms with Gasteiger partial charge in [0.1, 0.15) is 0 Å². The average molecular weight is 294 g/mol. The van der Waals surface area contributed by atoms with Gasteiger partial charge in [-0.05, 0) is 68.2 Å². The highest BCUT2D eigenvalue weighted by Gasteiger charge is 2.39. The summed E-state index contributed by atoms with van der Waals surface area (Å²) in [4.78, 5) is 15.6. The lowest BCUT2D eigenvalue weighted by Crippen LogP contribution is -2.42. The Hall–Kier alpha value is -1.61. The van der Waals surface area contributed by atoms with Crippen LogP contribution in [-0.4, -0.2) is 28.6 Å². The van der Waals surface area contributed by atoms with Crippen LogP contribution in [0.25, 0.3) is 10.8 Å². The molecule has 5 rings (SSSR count). The second kappa shape index (κ2) is 4.45. The zero-order valence-electron chi connectivity index (χ0n) is 13.1. The summed E-state index contributed by atoms with van der Waals surface area (Å²) in [7, 11) is 2.26. The van der Waals surface area contributed by atoms with Crippen LogP contribution in [0.3, 0.4) is 0 Å². The van der Waals surface area contributed by atoms with Crippen LogP contribution in [0.1, 0.15) is 42.9 Å². The topological polar surface area (TPSA) is 25.2 Å². The number of aromatic nitrogens is 1. The molecule has 0 spiro atoms. The summed E-state index contributed by atoms with van der Waals surface area (Å²) >= 11 is 0. The summed E-state index contributed by atoms with van der Waals surface area (Å²) in [6, 6.07) is 7.99. The summed E-state index contributed by atoms with van der Waals surface area (Å²) in [5.41, 5.74) is 2.98. The fourth-order valence-corrected chi connectivity index (χ4v) is 5.14. The third-order valence-corrected chi connectivity index (χ3v) is 6.36.